The molecule has 1 aliphatic heterocycles. The minimum Gasteiger partial charge on any atom is -0.394 e. The zero-order valence-corrected chi connectivity index (χ0v) is 10.5. The first-order valence-electron chi connectivity index (χ1n) is 5.85. The molecule has 1 saturated heterocycles. The number of carbonyl (C=O) groups excluding carboxylic acids is 1. The van der Waals surface area contributed by atoms with Gasteiger partial charge >= 0.3 is 7.82 Å². The first-order chi connectivity index (χ1) is 9.19. The number of aliphatic hydroxyl groups is 3. The summed E-state index contributed by atoms with van der Waals surface area (Å²) in [6, 6.07) is -1.50. The van der Waals surface area contributed by atoms with Crippen LogP contribution in [0.3, 0.4) is 0 Å². The van der Waals surface area contributed by atoms with Crippen molar-refractivity contribution in [3.8, 4) is 0 Å². The molecule has 6 N–H and O–H groups in total. The van der Waals surface area contributed by atoms with E-state index >= 15 is 0 Å². The zero-order chi connectivity index (χ0) is 15.5. The fraction of sp³-hybridized carbons (Fsp3) is 0.875. The summed E-state index contributed by atoms with van der Waals surface area (Å²) in [6.45, 7) is -1.44. The predicted molar refractivity (Wildman–Crippen MR) is 58.5 cm³/mol. The molecule has 0 bridgehead atoms. The lowest BCUT2D eigenvalue weighted by molar-refractivity contribution is -0.248. The van der Waals surface area contributed by atoms with E-state index in [0.717, 1.165) is 0 Å². The number of carbonyl (C=O) groups is 1. The van der Waals surface area contributed by atoms with Crippen LogP contribution in [0.15, 0.2) is 0 Å². The maximum absolute atomic E-state index is 11.1. The molecule has 19 heavy (non-hydrogen) atoms. The number of nitrogens with one attached hydrogen (secondary N) is 1. The third kappa shape index (κ3) is 4.48. The summed E-state index contributed by atoms with van der Waals surface area (Å²) in [4.78, 5) is 28.6. The summed E-state index contributed by atoms with van der Waals surface area (Å²) < 4.78 is 26.8. The molecule has 0 aromatic rings. The summed E-state index contributed by atoms with van der Waals surface area (Å²) in [5.41, 5.74) is 0. The van der Waals surface area contributed by atoms with Crippen LogP contribution in [0.4, 0.5) is 0 Å². The van der Waals surface area contributed by atoms with Crippen molar-refractivity contribution in [1.82, 2.24) is 5.32 Å². The van der Waals surface area contributed by atoms with E-state index in [2.05, 4.69) is 9.84 Å². The molecular weight excluding hydrogens is 285 g/mol. The van der Waals surface area contributed by atoms with E-state index < -0.39 is 57.9 Å². The van der Waals surface area contributed by atoms with E-state index in [1.54, 1.807) is 0 Å². The lowest BCUT2D eigenvalue weighted by Crippen LogP contribution is -2.64. The highest BCUT2D eigenvalue weighted by atomic mass is 31.2. The van der Waals surface area contributed by atoms with Gasteiger partial charge in [0.15, 0.2) is 6.29 Å². The van der Waals surface area contributed by atoms with Crippen LogP contribution in [-0.4, -0.2) is 68.3 Å². The lowest BCUT2D eigenvalue weighted by atomic mass is 9.97. The third-order valence-corrected chi connectivity index (χ3v) is 2.93. The lowest BCUT2D eigenvalue weighted by Gasteiger charge is -2.41. The standard InChI is InChI=1S/C8H16NO9P/c1-3(11)9-5-7(13)6(12)4(2-10)17-8(5)18-19(14,15)16/h4-8,10,12-13H,2H2,1H3,(H,9,11)(H2,14,15,16)/t4-,5-,6+,7-,8?/m1/s1/i1D. The van der Waals surface area contributed by atoms with Crippen molar-refractivity contribution in [2.24, 2.45) is 0 Å². The molecule has 1 amide bonds. The number of phosphoric ester groups is 1. The van der Waals surface area contributed by atoms with Crippen LogP contribution in [0.2, 0.25) is 0 Å². The summed E-state index contributed by atoms with van der Waals surface area (Å²) in [5, 5.41) is 30.4. The molecule has 0 radical (unpaired) electrons. The number of amides is 1. The monoisotopic (exact) mass is 302 g/mol. The molecule has 1 aliphatic rings. The van der Waals surface area contributed by atoms with E-state index in [-0.39, 0.29) is 0 Å². The number of hydrogen-bond acceptors (Lipinski definition) is 7. The van der Waals surface area contributed by atoms with Crippen LogP contribution in [-0.2, 0) is 18.6 Å². The molecule has 10 nitrogen and oxygen atoms in total. The van der Waals surface area contributed by atoms with E-state index in [1.165, 1.54) is 0 Å². The minimum atomic E-state index is -5.00. The van der Waals surface area contributed by atoms with Crippen LogP contribution < -0.4 is 5.32 Å². The molecule has 0 aliphatic carbocycles. The van der Waals surface area contributed by atoms with Crippen molar-refractivity contribution in [2.45, 2.75) is 37.5 Å². The fourth-order valence-corrected chi connectivity index (χ4v) is 2.10. The van der Waals surface area contributed by atoms with Crippen LogP contribution in [0.1, 0.15) is 8.27 Å². The Hall–Kier alpha value is -0.580. The van der Waals surface area contributed by atoms with Crippen LogP contribution in [0.25, 0.3) is 0 Å². The van der Waals surface area contributed by atoms with E-state index in [0.29, 0.717) is 0 Å². The van der Waals surface area contributed by atoms with E-state index in [1.807, 2.05) is 0 Å². The molecule has 112 valence electrons. The first kappa shape index (κ1) is 14.8. The van der Waals surface area contributed by atoms with Crippen molar-refractivity contribution >= 4 is 13.7 Å². The van der Waals surface area contributed by atoms with Gasteiger partial charge in [-0.25, -0.2) is 4.57 Å². The van der Waals surface area contributed by atoms with Crippen molar-refractivity contribution in [1.29, 1.82) is 0 Å². The second-order valence-electron chi connectivity index (χ2n) is 3.90. The second kappa shape index (κ2) is 6.25. The summed E-state index contributed by atoms with van der Waals surface area (Å²) in [5.74, 6) is -0.869. The van der Waals surface area contributed by atoms with E-state index in [9.17, 15) is 19.6 Å². The highest BCUT2D eigenvalue weighted by molar-refractivity contribution is 7.46. The normalized spacial score (nSPS) is 36.7. The Bertz CT molecular complexity index is 390. The Morgan fingerprint density at radius 1 is 1.47 bits per heavy atom. The molecular formula is C8H16NO9P. The van der Waals surface area contributed by atoms with Gasteiger partial charge in [-0.2, -0.15) is 0 Å². The molecule has 11 heteroatoms. The Kier molecular flexibility index (Phi) is 4.87. The summed E-state index contributed by atoms with van der Waals surface area (Å²) in [7, 11) is -5.00. The number of aliphatic hydroxyl groups excluding tert-OH is 3. The maximum Gasteiger partial charge on any atom is 0.472 e. The number of hydrogen-bond donors (Lipinski definition) is 6. The minimum absolute atomic E-state index is 0.703. The Balaban J connectivity index is 2.93. The van der Waals surface area contributed by atoms with Gasteiger partial charge in [-0.3, -0.25) is 9.32 Å². The molecule has 1 rings (SSSR count). The Morgan fingerprint density at radius 3 is 2.58 bits per heavy atom. The highest BCUT2D eigenvalue weighted by Gasteiger charge is 2.47. The average molecular weight is 302 g/mol. The van der Waals surface area contributed by atoms with Gasteiger partial charge in [0, 0.05) is 8.27 Å². The van der Waals surface area contributed by atoms with Crippen LogP contribution in [0.5, 0.6) is 0 Å². The van der Waals surface area contributed by atoms with Crippen molar-refractivity contribution in [2.75, 3.05) is 6.61 Å². The second-order valence-corrected chi connectivity index (χ2v) is 5.09. The SMILES string of the molecule is [2H]CC(=O)N[C@H]1C(OP(=O)(O)O)O[C@H](CO)[C@H](O)[C@@H]1O. The summed E-state index contributed by atoms with van der Waals surface area (Å²) in [6.07, 6.45) is -6.44. The molecule has 1 unspecified atom stereocenters. The van der Waals surface area contributed by atoms with E-state index in [4.69, 9.17) is 21.0 Å². The van der Waals surface area contributed by atoms with Crippen molar-refractivity contribution in [3.05, 3.63) is 0 Å². The van der Waals surface area contributed by atoms with Gasteiger partial charge in [0.1, 0.15) is 24.4 Å². The zero-order valence-electron chi connectivity index (χ0n) is 10.6. The quantitative estimate of drug-likeness (QED) is 0.297. The largest absolute Gasteiger partial charge is 0.472 e. The number of rotatable bonds is 4. The van der Waals surface area contributed by atoms with Crippen LogP contribution >= 0.6 is 7.82 Å². The van der Waals surface area contributed by atoms with Crippen molar-refractivity contribution in [3.63, 3.8) is 0 Å². The fourth-order valence-electron chi connectivity index (χ4n) is 1.65. The van der Waals surface area contributed by atoms with Gasteiger partial charge in [0.25, 0.3) is 0 Å². The molecule has 0 aromatic heterocycles. The first-order valence-corrected chi connectivity index (χ1v) is 6.67. The molecule has 1 fully saturated rings. The molecule has 0 saturated carbocycles. The van der Waals surface area contributed by atoms with Gasteiger partial charge in [-0.05, 0) is 0 Å². The summed E-state index contributed by atoms with van der Waals surface area (Å²) >= 11 is 0. The Morgan fingerprint density at radius 2 is 2.11 bits per heavy atom. The molecule has 0 spiro atoms. The number of phosphoric acid groups is 1. The molecule has 5 atom stereocenters. The third-order valence-electron chi connectivity index (χ3n) is 2.45. The highest BCUT2D eigenvalue weighted by Crippen LogP contribution is 2.40. The topological polar surface area (TPSA) is 166 Å². The van der Waals surface area contributed by atoms with Gasteiger partial charge in [0.2, 0.25) is 5.91 Å². The smallest absolute Gasteiger partial charge is 0.394 e. The van der Waals surface area contributed by atoms with Crippen LogP contribution in [0, 0.1) is 0 Å². The molecule has 0 aromatic carbocycles. The predicted octanol–water partition coefficient (Wildman–Crippen LogP) is -2.96. The van der Waals surface area contributed by atoms with Gasteiger partial charge in [0.05, 0.1) is 6.61 Å². The van der Waals surface area contributed by atoms with Gasteiger partial charge < -0.3 is 35.2 Å². The number of ether oxygens (including phenoxy) is 1. The molecule has 1 heterocycles. The van der Waals surface area contributed by atoms with Crippen molar-refractivity contribution < 1.29 is 45.1 Å². The van der Waals surface area contributed by atoms with Gasteiger partial charge in [-0.15, -0.1) is 0 Å². The van der Waals surface area contributed by atoms with Gasteiger partial charge in [-0.1, -0.05) is 0 Å². The maximum atomic E-state index is 11.1. The Labute approximate surface area is 109 Å². The average Bonchev–Trinajstić information content (AvgIpc) is 2.36.